The standard InChI is InChI=1S/C19H20ClN3O2/c20-16-11-21-8-5-18(16)25-15-3-1-14(2-4-15)19(24)22-17-12-23-9-6-13(17)7-10-23/h1-5,8,11,13,17H,6-7,9-10,12H2,(H,22,24). The monoisotopic (exact) mass is 357 g/mol. The first-order valence-electron chi connectivity index (χ1n) is 8.60. The molecule has 0 saturated carbocycles. The van der Waals surface area contributed by atoms with Crippen molar-refractivity contribution in [3.8, 4) is 11.5 Å². The first-order valence-corrected chi connectivity index (χ1v) is 8.97. The van der Waals surface area contributed by atoms with Gasteiger partial charge in [0.05, 0.1) is 0 Å². The summed E-state index contributed by atoms with van der Waals surface area (Å²) >= 11 is 6.04. The van der Waals surface area contributed by atoms with Crippen molar-refractivity contribution in [2.75, 3.05) is 19.6 Å². The summed E-state index contributed by atoms with van der Waals surface area (Å²) < 4.78 is 5.72. The Morgan fingerprint density at radius 3 is 2.60 bits per heavy atom. The van der Waals surface area contributed by atoms with E-state index < -0.39 is 0 Å². The number of halogens is 1. The van der Waals surface area contributed by atoms with Crippen LogP contribution in [0.4, 0.5) is 0 Å². The molecule has 6 heteroatoms. The van der Waals surface area contributed by atoms with Gasteiger partial charge in [0.1, 0.15) is 16.5 Å². The minimum absolute atomic E-state index is 0.0211. The van der Waals surface area contributed by atoms with Gasteiger partial charge >= 0.3 is 0 Å². The van der Waals surface area contributed by atoms with Crippen molar-refractivity contribution in [2.24, 2.45) is 5.92 Å². The van der Waals surface area contributed by atoms with Crippen molar-refractivity contribution in [1.29, 1.82) is 0 Å². The van der Waals surface area contributed by atoms with Crippen LogP contribution in [0, 0.1) is 5.92 Å². The van der Waals surface area contributed by atoms with E-state index in [9.17, 15) is 4.79 Å². The highest BCUT2D eigenvalue weighted by Crippen LogP contribution is 2.29. The Morgan fingerprint density at radius 1 is 1.20 bits per heavy atom. The molecule has 1 amide bonds. The van der Waals surface area contributed by atoms with E-state index in [1.165, 1.54) is 32.1 Å². The summed E-state index contributed by atoms with van der Waals surface area (Å²) in [6, 6.07) is 9.09. The molecule has 3 fully saturated rings. The number of amides is 1. The molecule has 2 aromatic rings. The molecule has 0 aliphatic carbocycles. The molecule has 3 saturated heterocycles. The van der Waals surface area contributed by atoms with Crippen molar-refractivity contribution < 1.29 is 9.53 Å². The summed E-state index contributed by atoms with van der Waals surface area (Å²) in [4.78, 5) is 18.9. The van der Waals surface area contributed by atoms with Gasteiger partial charge in [0.15, 0.2) is 0 Å². The molecule has 25 heavy (non-hydrogen) atoms. The minimum atomic E-state index is -0.0211. The maximum absolute atomic E-state index is 12.5. The lowest BCUT2D eigenvalue weighted by Gasteiger charge is -2.44. The average molecular weight is 358 g/mol. The van der Waals surface area contributed by atoms with Gasteiger partial charge in [-0.15, -0.1) is 0 Å². The maximum Gasteiger partial charge on any atom is 0.251 e. The molecule has 5 rings (SSSR count). The molecule has 2 bridgehead atoms. The van der Waals surface area contributed by atoms with Gasteiger partial charge in [0.2, 0.25) is 0 Å². The fraction of sp³-hybridized carbons (Fsp3) is 0.368. The highest BCUT2D eigenvalue weighted by molar-refractivity contribution is 6.31. The Bertz CT molecular complexity index is 758. The molecule has 3 aliphatic heterocycles. The number of nitrogens with zero attached hydrogens (tertiary/aromatic N) is 2. The number of aromatic nitrogens is 1. The molecule has 3 aliphatic rings. The van der Waals surface area contributed by atoms with E-state index in [1.54, 1.807) is 36.5 Å². The normalized spacial score (nSPS) is 24.8. The Hall–Kier alpha value is -2.11. The van der Waals surface area contributed by atoms with Crippen LogP contribution in [0.25, 0.3) is 0 Å². The van der Waals surface area contributed by atoms with Gasteiger partial charge in [-0.05, 0) is 56.1 Å². The topological polar surface area (TPSA) is 54.5 Å². The summed E-state index contributed by atoms with van der Waals surface area (Å²) in [6.07, 6.45) is 5.53. The second kappa shape index (κ2) is 7.02. The molecule has 1 atom stereocenters. The molecule has 1 N–H and O–H groups in total. The van der Waals surface area contributed by atoms with E-state index in [2.05, 4.69) is 15.2 Å². The molecule has 4 heterocycles. The third-order valence-electron chi connectivity index (χ3n) is 5.05. The van der Waals surface area contributed by atoms with Gasteiger partial charge in [-0.1, -0.05) is 11.6 Å². The van der Waals surface area contributed by atoms with Crippen LogP contribution in [-0.2, 0) is 0 Å². The van der Waals surface area contributed by atoms with Crippen molar-refractivity contribution >= 4 is 17.5 Å². The Morgan fingerprint density at radius 2 is 1.96 bits per heavy atom. The van der Waals surface area contributed by atoms with Crippen LogP contribution in [-0.4, -0.2) is 41.5 Å². The van der Waals surface area contributed by atoms with Crippen molar-refractivity contribution in [1.82, 2.24) is 15.2 Å². The second-order valence-electron chi connectivity index (χ2n) is 6.65. The molecule has 0 spiro atoms. The molecular weight excluding hydrogens is 338 g/mol. The van der Waals surface area contributed by atoms with Crippen LogP contribution in [0.3, 0.4) is 0 Å². The van der Waals surface area contributed by atoms with Crippen LogP contribution >= 0.6 is 11.6 Å². The van der Waals surface area contributed by atoms with Gasteiger partial charge in [-0.25, -0.2) is 0 Å². The summed E-state index contributed by atoms with van der Waals surface area (Å²) in [6.45, 7) is 3.30. The van der Waals surface area contributed by atoms with Crippen LogP contribution in [0.5, 0.6) is 11.5 Å². The van der Waals surface area contributed by atoms with Crippen molar-refractivity contribution in [3.05, 3.63) is 53.3 Å². The molecule has 1 aromatic carbocycles. The van der Waals surface area contributed by atoms with Gasteiger partial charge in [0, 0.05) is 36.6 Å². The van der Waals surface area contributed by atoms with Gasteiger partial charge in [-0.2, -0.15) is 0 Å². The zero-order valence-corrected chi connectivity index (χ0v) is 14.6. The number of pyridine rings is 1. The zero-order chi connectivity index (χ0) is 17.2. The predicted molar refractivity (Wildman–Crippen MR) is 96.2 cm³/mol. The van der Waals surface area contributed by atoms with Gasteiger partial charge < -0.3 is 15.0 Å². The van der Waals surface area contributed by atoms with E-state index >= 15 is 0 Å². The van der Waals surface area contributed by atoms with Gasteiger partial charge in [0.25, 0.3) is 5.91 Å². The number of ether oxygens (including phenoxy) is 1. The second-order valence-corrected chi connectivity index (χ2v) is 7.06. The maximum atomic E-state index is 12.5. The van der Waals surface area contributed by atoms with Gasteiger partial charge in [-0.3, -0.25) is 9.78 Å². The highest BCUT2D eigenvalue weighted by Gasteiger charge is 2.34. The van der Waals surface area contributed by atoms with Crippen LogP contribution < -0.4 is 10.1 Å². The van der Waals surface area contributed by atoms with Crippen LogP contribution in [0.15, 0.2) is 42.7 Å². The smallest absolute Gasteiger partial charge is 0.251 e. The molecule has 0 radical (unpaired) electrons. The number of carbonyl (C=O) groups excluding carboxylic acids is 1. The minimum Gasteiger partial charge on any atom is -0.456 e. The molecule has 130 valence electrons. The number of carbonyl (C=O) groups is 1. The lowest BCUT2D eigenvalue weighted by atomic mass is 9.84. The fourth-order valence-corrected chi connectivity index (χ4v) is 3.78. The first-order chi connectivity index (χ1) is 12.2. The lowest BCUT2D eigenvalue weighted by Crippen LogP contribution is -2.57. The van der Waals surface area contributed by atoms with Crippen LogP contribution in [0.1, 0.15) is 23.2 Å². The van der Waals surface area contributed by atoms with Crippen molar-refractivity contribution in [2.45, 2.75) is 18.9 Å². The zero-order valence-electron chi connectivity index (χ0n) is 13.8. The Kier molecular flexibility index (Phi) is 4.59. The van der Waals surface area contributed by atoms with Crippen molar-refractivity contribution in [3.63, 3.8) is 0 Å². The highest BCUT2D eigenvalue weighted by atomic mass is 35.5. The Labute approximate surface area is 152 Å². The SMILES string of the molecule is O=C(NC1CN2CCC1CC2)c1ccc(Oc2ccncc2Cl)cc1. The molecule has 5 nitrogen and oxygen atoms in total. The number of nitrogens with one attached hydrogen (secondary N) is 1. The number of piperidine rings is 3. The van der Waals surface area contributed by atoms with E-state index in [1.807, 2.05) is 0 Å². The van der Waals surface area contributed by atoms with E-state index in [0.717, 1.165) is 6.54 Å². The molecule has 1 aromatic heterocycles. The summed E-state index contributed by atoms with van der Waals surface area (Å²) in [5.41, 5.74) is 0.643. The number of hydrogen-bond donors (Lipinski definition) is 1. The third kappa shape index (κ3) is 3.62. The first kappa shape index (κ1) is 16.4. The predicted octanol–water partition coefficient (Wildman–Crippen LogP) is 3.35. The summed E-state index contributed by atoms with van der Waals surface area (Å²) in [5.74, 6) is 1.77. The van der Waals surface area contributed by atoms with E-state index in [4.69, 9.17) is 16.3 Å². The van der Waals surface area contributed by atoms with E-state index in [0.29, 0.717) is 28.0 Å². The third-order valence-corrected chi connectivity index (χ3v) is 5.34. The number of rotatable bonds is 4. The van der Waals surface area contributed by atoms with Crippen LogP contribution in [0.2, 0.25) is 5.02 Å². The summed E-state index contributed by atoms with van der Waals surface area (Å²) in [5, 5.41) is 3.64. The molecule has 1 unspecified atom stereocenters. The number of benzene rings is 1. The summed E-state index contributed by atoms with van der Waals surface area (Å²) in [7, 11) is 0. The average Bonchev–Trinajstić information content (AvgIpc) is 2.65. The lowest BCUT2D eigenvalue weighted by molar-refractivity contribution is 0.0620. The largest absolute Gasteiger partial charge is 0.456 e. The molecular formula is C19H20ClN3O2. The van der Waals surface area contributed by atoms with E-state index in [-0.39, 0.29) is 11.9 Å². The Balaban J connectivity index is 1.40. The number of hydrogen-bond acceptors (Lipinski definition) is 4. The number of fused-ring (bicyclic) bond motifs is 3. The fourth-order valence-electron chi connectivity index (χ4n) is 3.63. The quantitative estimate of drug-likeness (QED) is 0.911.